The maximum Gasteiger partial charge on any atom is 0.265 e. The molecule has 0 unspecified atom stereocenters. The van der Waals surface area contributed by atoms with Crippen LogP contribution in [0.1, 0.15) is 11.1 Å². The summed E-state index contributed by atoms with van der Waals surface area (Å²) in [4.78, 5) is 17.4. The van der Waals surface area contributed by atoms with Crippen LogP contribution < -0.4 is 27.5 Å². The van der Waals surface area contributed by atoms with Gasteiger partial charge >= 0.3 is 0 Å². The summed E-state index contributed by atoms with van der Waals surface area (Å²) in [5.41, 5.74) is 7.73. The largest absolute Gasteiger partial charge is 0.335 e. The molecule has 4 rings (SSSR count). The first kappa shape index (κ1) is 15.4. The summed E-state index contributed by atoms with van der Waals surface area (Å²) in [5, 5.41) is 17.3. The van der Waals surface area contributed by atoms with Crippen molar-refractivity contribution in [3.8, 4) is 6.07 Å². The second-order valence-corrected chi connectivity index (χ2v) is 5.57. The number of nitrogens with zero attached hydrogens (tertiary/aromatic N) is 6. The Morgan fingerprint density at radius 3 is 2.88 bits per heavy atom. The van der Waals surface area contributed by atoms with E-state index in [2.05, 4.69) is 32.1 Å². The third-order valence-electron chi connectivity index (χ3n) is 4.08. The Morgan fingerprint density at radius 1 is 1.35 bits per heavy atom. The average Bonchev–Trinajstić information content (AvgIpc) is 3.22. The molecule has 0 amide bonds. The number of fused-ring (bicyclic) bond motifs is 3. The summed E-state index contributed by atoms with van der Waals surface area (Å²) >= 11 is 0. The van der Waals surface area contributed by atoms with Crippen molar-refractivity contribution < 1.29 is 0 Å². The Labute approximate surface area is 146 Å². The normalized spacial score (nSPS) is 11.8. The van der Waals surface area contributed by atoms with Crippen molar-refractivity contribution >= 4 is 28.8 Å². The minimum Gasteiger partial charge on any atom is -0.335 e. The van der Waals surface area contributed by atoms with Crippen molar-refractivity contribution in [3.05, 3.63) is 57.3 Å². The molecule has 0 saturated heterocycles. The molecule has 0 bridgehead atoms. The molecule has 0 atom stereocenters. The number of pyridine rings is 1. The number of nitrogen functional groups attached to an aromatic ring is 1. The highest BCUT2D eigenvalue weighted by atomic mass is 16.1. The Morgan fingerprint density at radius 2 is 2.15 bits per heavy atom. The van der Waals surface area contributed by atoms with Crippen molar-refractivity contribution in [1.82, 2.24) is 29.7 Å². The van der Waals surface area contributed by atoms with Gasteiger partial charge in [-0.25, -0.2) is 9.66 Å². The van der Waals surface area contributed by atoms with Gasteiger partial charge in [0.05, 0.1) is 21.8 Å². The van der Waals surface area contributed by atoms with Crippen molar-refractivity contribution in [2.45, 2.75) is 6.92 Å². The zero-order chi connectivity index (χ0) is 18.3. The number of aromatic nitrogens is 5. The Kier molecular flexibility index (Phi) is 3.40. The zero-order valence-corrected chi connectivity index (χ0v) is 13.6. The summed E-state index contributed by atoms with van der Waals surface area (Å²) in [5.74, 6) is 5.87. The molecular formula is C16H13N9O. The van der Waals surface area contributed by atoms with E-state index in [-0.39, 0.29) is 11.5 Å². The molecule has 0 aliphatic rings. The lowest BCUT2D eigenvalue weighted by Crippen LogP contribution is -2.37. The van der Waals surface area contributed by atoms with E-state index in [0.29, 0.717) is 33.0 Å². The lowest BCUT2D eigenvalue weighted by atomic mass is 10.1. The van der Waals surface area contributed by atoms with Crippen molar-refractivity contribution in [2.75, 3.05) is 11.3 Å². The lowest BCUT2D eigenvalue weighted by molar-refractivity contribution is 0.948. The first-order valence-electron chi connectivity index (χ1n) is 7.62. The summed E-state index contributed by atoms with van der Waals surface area (Å²) in [6, 6.07) is 9.39. The molecule has 0 saturated carbocycles. The molecule has 0 aliphatic carbocycles. The van der Waals surface area contributed by atoms with Gasteiger partial charge in [-0.3, -0.25) is 14.6 Å². The number of nitrogens with one attached hydrogen (secondary N) is 2. The topological polar surface area (TPSA) is 139 Å². The number of para-hydroxylation sites is 2. The fourth-order valence-electron chi connectivity index (χ4n) is 2.79. The molecule has 10 nitrogen and oxygen atoms in total. The van der Waals surface area contributed by atoms with E-state index < -0.39 is 0 Å². The van der Waals surface area contributed by atoms with Crippen LogP contribution in [0.25, 0.3) is 22.9 Å². The molecule has 4 N–H and O–H groups in total. The second kappa shape index (κ2) is 5.75. The van der Waals surface area contributed by atoms with E-state index in [4.69, 9.17) is 5.84 Å². The summed E-state index contributed by atoms with van der Waals surface area (Å²) in [6.07, 6.45) is 2.78. The van der Waals surface area contributed by atoms with E-state index in [9.17, 15) is 10.1 Å². The Balaban J connectivity index is 1.93. The zero-order valence-electron chi connectivity index (χ0n) is 13.6. The van der Waals surface area contributed by atoms with Gasteiger partial charge in [-0.2, -0.15) is 5.26 Å². The van der Waals surface area contributed by atoms with E-state index in [0.717, 1.165) is 0 Å². The van der Waals surface area contributed by atoms with Gasteiger partial charge in [-0.1, -0.05) is 12.1 Å². The molecule has 0 spiro atoms. The highest BCUT2D eigenvalue weighted by molar-refractivity contribution is 5.82. The first-order chi connectivity index (χ1) is 12.6. The van der Waals surface area contributed by atoms with Gasteiger partial charge in [0.15, 0.2) is 5.65 Å². The lowest BCUT2D eigenvalue weighted by Gasteiger charge is -2.05. The fraction of sp³-hybridized carbons (Fsp3) is 0.0625. The summed E-state index contributed by atoms with van der Waals surface area (Å²) < 4.78 is 2.62. The molecule has 4 aromatic rings. The van der Waals surface area contributed by atoms with Crippen LogP contribution in [0, 0.1) is 18.3 Å². The summed E-state index contributed by atoms with van der Waals surface area (Å²) in [6.45, 7) is 1.71. The van der Waals surface area contributed by atoms with E-state index in [1.165, 1.54) is 21.6 Å². The monoisotopic (exact) mass is 347 g/mol. The molecule has 3 aromatic heterocycles. The van der Waals surface area contributed by atoms with E-state index in [1.54, 1.807) is 19.1 Å². The molecule has 128 valence electrons. The summed E-state index contributed by atoms with van der Waals surface area (Å²) in [7, 11) is 0. The maximum absolute atomic E-state index is 13.0. The Bertz CT molecular complexity index is 1300. The third-order valence-corrected chi connectivity index (χ3v) is 4.08. The molecule has 1 aromatic carbocycles. The van der Waals surface area contributed by atoms with Gasteiger partial charge in [-0.15, -0.1) is 10.2 Å². The number of nitrogens with two attached hydrogens (primary N) is 1. The maximum atomic E-state index is 13.0. The van der Waals surface area contributed by atoms with Crippen LogP contribution in [-0.4, -0.2) is 24.3 Å². The minimum absolute atomic E-state index is 0.265. The van der Waals surface area contributed by atoms with Crippen LogP contribution in [0.4, 0.5) is 5.95 Å². The van der Waals surface area contributed by atoms with Crippen LogP contribution in [0.5, 0.6) is 0 Å². The molecule has 0 aliphatic heterocycles. The number of benzene rings is 1. The predicted molar refractivity (Wildman–Crippen MR) is 95.0 cm³/mol. The van der Waals surface area contributed by atoms with Gasteiger partial charge in [0.1, 0.15) is 12.4 Å². The van der Waals surface area contributed by atoms with Crippen LogP contribution in [0.3, 0.4) is 0 Å². The number of imidazole rings is 1. The average molecular weight is 347 g/mol. The number of nitriles is 1. The molecule has 3 heterocycles. The molecular weight excluding hydrogens is 334 g/mol. The van der Waals surface area contributed by atoms with Gasteiger partial charge in [0, 0.05) is 6.20 Å². The molecule has 10 heteroatoms. The Hall–Kier alpha value is -4.13. The van der Waals surface area contributed by atoms with Crippen molar-refractivity contribution in [3.63, 3.8) is 0 Å². The number of hydrazine groups is 1. The van der Waals surface area contributed by atoms with Crippen LogP contribution in [0.2, 0.25) is 0 Å². The van der Waals surface area contributed by atoms with Crippen molar-refractivity contribution in [1.29, 1.82) is 5.26 Å². The highest BCUT2D eigenvalue weighted by Crippen LogP contribution is 2.17. The first-order valence-corrected chi connectivity index (χ1v) is 7.62. The smallest absolute Gasteiger partial charge is 0.265 e. The highest BCUT2D eigenvalue weighted by Gasteiger charge is 2.15. The number of hydrogen-bond donors (Lipinski definition) is 3. The number of hydrogen-bond acceptors (Lipinski definition) is 8. The molecule has 26 heavy (non-hydrogen) atoms. The third kappa shape index (κ3) is 2.19. The van der Waals surface area contributed by atoms with Gasteiger partial charge in [0.25, 0.3) is 11.5 Å². The van der Waals surface area contributed by atoms with Crippen LogP contribution in [-0.2, 0) is 0 Å². The van der Waals surface area contributed by atoms with Gasteiger partial charge in [0.2, 0.25) is 0 Å². The van der Waals surface area contributed by atoms with Crippen LogP contribution >= 0.6 is 0 Å². The van der Waals surface area contributed by atoms with Crippen molar-refractivity contribution in [2.24, 2.45) is 0 Å². The SMILES string of the molecule is Cc1c(C#N)c2nc3ccccc3n2c(=O)c1=CNNc1nncn1N. The standard InChI is InChI=1S/C16H13N9O/c1-9-10(6-17)14-21-12-4-2-3-5-13(12)25(14)15(26)11(9)7-19-22-16-23-20-8-24(16)18/h2-5,7-8,19H,18H2,1H3,(H,22,23). The second-order valence-electron chi connectivity index (χ2n) is 5.57. The quantitative estimate of drug-likeness (QED) is 0.330. The molecule has 0 fully saturated rings. The van der Waals surface area contributed by atoms with E-state index >= 15 is 0 Å². The molecule has 0 radical (unpaired) electrons. The predicted octanol–water partition coefficient (Wildman–Crippen LogP) is -0.593. The van der Waals surface area contributed by atoms with Gasteiger partial charge < -0.3 is 11.3 Å². The number of anilines is 1. The minimum atomic E-state index is -0.284. The van der Waals surface area contributed by atoms with E-state index in [1.807, 2.05) is 12.1 Å². The van der Waals surface area contributed by atoms with Crippen LogP contribution in [0.15, 0.2) is 35.4 Å². The number of rotatable bonds is 3. The fourth-order valence-corrected chi connectivity index (χ4v) is 2.79. The van der Waals surface area contributed by atoms with Gasteiger partial charge in [-0.05, 0) is 24.6 Å².